The number of rotatable bonds is 4. The molecule has 0 atom stereocenters. The number of aromatic nitrogens is 4. The van der Waals surface area contributed by atoms with Crippen LogP contribution < -0.4 is 4.90 Å². The van der Waals surface area contributed by atoms with Gasteiger partial charge in [0.1, 0.15) is 5.58 Å². The van der Waals surface area contributed by atoms with Gasteiger partial charge in [-0.05, 0) is 24.3 Å². The summed E-state index contributed by atoms with van der Waals surface area (Å²) in [5.74, 6) is 1.64. The molecule has 150 valence electrons. The molecule has 0 spiro atoms. The van der Waals surface area contributed by atoms with Crippen LogP contribution in [0.3, 0.4) is 0 Å². The Kier molecular flexibility index (Phi) is 4.24. The molecule has 7 nitrogen and oxygen atoms in total. The number of furan rings is 1. The second-order valence-electron chi connectivity index (χ2n) is 7.47. The first-order valence-corrected chi connectivity index (χ1v) is 10.9. The number of benzene rings is 2. The van der Waals surface area contributed by atoms with E-state index in [1.807, 2.05) is 34.8 Å². The fraction of sp³-hybridized carbons (Fsp3) is 0.227. The number of anilines is 1. The van der Waals surface area contributed by atoms with Gasteiger partial charge in [0.15, 0.2) is 16.6 Å². The Balaban J connectivity index is 1.19. The molecule has 0 aliphatic carbocycles. The van der Waals surface area contributed by atoms with Crippen LogP contribution in [0.1, 0.15) is 5.82 Å². The molecular weight excluding hydrogens is 396 g/mol. The maximum absolute atomic E-state index is 5.97. The number of nitrogens with zero attached hydrogens (tertiary/aromatic N) is 6. The fourth-order valence-corrected chi connectivity index (χ4v) is 4.76. The van der Waals surface area contributed by atoms with Gasteiger partial charge in [0.05, 0.1) is 6.54 Å². The minimum Gasteiger partial charge on any atom is -0.453 e. The van der Waals surface area contributed by atoms with Crippen molar-refractivity contribution in [2.75, 3.05) is 31.1 Å². The van der Waals surface area contributed by atoms with Gasteiger partial charge in [-0.1, -0.05) is 47.7 Å². The topological polar surface area (TPSA) is 62.7 Å². The highest BCUT2D eigenvalue weighted by Crippen LogP contribution is 2.31. The predicted octanol–water partition coefficient (Wildman–Crippen LogP) is 3.92. The summed E-state index contributed by atoms with van der Waals surface area (Å²) in [6.07, 6.45) is 0. The van der Waals surface area contributed by atoms with Crippen molar-refractivity contribution in [2.45, 2.75) is 6.54 Å². The third-order valence-electron chi connectivity index (χ3n) is 5.55. The average Bonchev–Trinajstić information content (AvgIpc) is 3.50. The summed E-state index contributed by atoms with van der Waals surface area (Å²) in [5.41, 5.74) is 2.16. The van der Waals surface area contributed by atoms with Gasteiger partial charge in [0.25, 0.3) is 0 Å². The molecular formula is C22H20N6OS. The summed E-state index contributed by atoms with van der Waals surface area (Å²) in [5, 5.41) is 15.4. The van der Waals surface area contributed by atoms with Crippen molar-refractivity contribution in [1.29, 1.82) is 0 Å². The number of para-hydroxylation sites is 2. The third kappa shape index (κ3) is 3.14. The minimum absolute atomic E-state index is 0.743. The summed E-state index contributed by atoms with van der Waals surface area (Å²) >= 11 is 1.50. The molecule has 0 N–H and O–H groups in total. The van der Waals surface area contributed by atoms with Crippen LogP contribution in [-0.4, -0.2) is 50.9 Å². The predicted molar refractivity (Wildman–Crippen MR) is 118 cm³/mol. The maximum Gasteiger partial charge on any atom is 0.235 e. The van der Waals surface area contributed by atoms with E-state index < -0.39 is 0 Å². The Morgan fingerprint density at radius 1 is 0.900 bits per heavy atom. The Bertz CT molecular complexity index is 1270. The largest absolute Gasteiger partial charge is 0.453 e. The van der Waals surface area contributed by atoms with Crippen LogP contribution >= 0.6 is 11.3 Å². The molecule has 0 unspecified atom stereocenters. The van der Waals surface area contributed by atoms with Crippen molar-refractivity contribution in [1.82, 2.24) is 24.7 Å². The molecule has 8 heteroatoms. The van der Waals surface area contributed by atoms with E-state index in [-0.39, 0.29) is 0 Å². The van der Waals surface area contributed by atoms with Crippen molar-refractivity contribution in [2.24, 2.45) is 0 Å². The van der Waals surface area contributed by atoms with Crippen molar-refractivity contribution < 1.29 is 4.42 Å². The summed E-state index contributed by atoms with van der Waals surface area (Å²) in [6.45, 7) is 4.74. The third-order valence-corrected chi connectivity index (χ3v) is 6.46. The number of hydrogen-bond donors (Lipinski definition) is 0. The first kappa shape index (κ1) is 17.6. The molecule has 0 bridgehead atoms. The van der Waals surface area contributed by atoms with Gasteiger partial charge < -0.3 is 9.32 Å². The van der Waals surface area contributed by atoms with Crippen LogP contribution in [0.4, 0.5) is 5.69 Å². The van der Waals surface area contributed by atoms with Crippen molar-refractivity contribution in [3.63, 3.8) is 0 Å². The highest BCUT2D eigenvalue weighted by Gasteiger charge is 2.21. The highest BCUT2D eigenvalue weighted by atomic mass is 32.1. The first-order valence-electron chi connectivity index (χ1n) is 10.1. The van der Waals surface area contributed by atoms with Crippen molar-refractivity contribution in [3.05, 3.63) is 66.5 Å². The molecule has 1 aliphatic rings. The minimum atomic E-state index is 0.743. The smallest absolute Gasteiger partial charge is 0.235 e. The van der Waals surface area contributed by atoms with E-state index >= 15 is 0 Å². The van der Waals surface area contributed by atoms with Gasteiger partial charge in [-0.3, -0.25) is 4.90 Å². The summed E-state index contributed by atoms with van der Waals surface area (Å²) < 4.78 is 7.83. The highest BCUT2D eigenvalue weighted by molar-refractivity contribution is 7.19. The quantitative estimate of drug-likeness (QED) is 0.443. The second kappa shape index (κ2) is 7.23. The lowest BCUT2D eigenvalue weighted by Gasteiger charge is -2.35. The van der Waals surface area contributed by atoms with Gasteiger partial charge in [-0.15, -0.1) is 15.3 Å². The molecule has 1 aliphatic heterocycles. The Morgan fingerprint density at radius 3 is 2.53 bits per heavy atom. The molecule has 2 aromatic carbocycles. The Morgan fingerprint density at radius 2 is 1.70 bits per heavy atom. The Labute approximate surface area is 177 Å². The molecule has 0 saturated carbocycles. The first-order chi connectivity index (χ1) is 14.8. The summed E-state index contributed by atoms with van der Waals surface area (Å²) in [4.78, 5) is 5.64. The molecule has 3 aromatic heterocycles. The SMILES string of the molecule is c1ccc(N2CCN(Cc3nnc4sc(-c5cc6ccccc6o5)nn34)CC2)cc1. The van der Waals surface area contributed by atoms with Crippen LogP contribution in [0.15, 0.2) is 65.1 Å². The van der Waals surface area contributed by atoms with E-state index in [9.17, 15) is 0 Å². The van der Waals surface area contributed by atoms with Gasteiger partial charge >= 0.3 is 0 Å². The molecule has 1 saturated heterocycles. The van der Waals surface area contributed by atoms with Crippen LogP contribution in [0, 0.1) is 0 Å². The zero-order chi connectivity index (χ0) is 19.9. The van der Waals surface area contributed by atoms with Crippen LogP contribution in [0.25, 0.3) is 26.7 Å². The summed E-state index contributed by atoms with van der Waals surface area (Å²) in [6, 6.07) is 20.6. The van der Waals surface area contributed by atoms with E-state index in [0.717, 1.165) is 65.2 Å². The lowest BCUT2D eigenvalue weighted by Crippen LogP contribution is -2.46. The normalized spacial score (nSPS) is 15.4. The zero-order valence-electron chi connectivity index (χ0n) is 16.3. The van der Waals surface area contributed by atoms with Gasteiger partial charge in [-0.25, -0.2) is 0 Å². The van der Waals surface area contributed by atoms with Crippen LogP contribution in [0.2, 0.25) is 0 Å². The van der Waals surface area contributed by atoms with E-state index in [2.05, 4.69) is 50.3 Å². The molecule has 6 rings (SSSR count). The lowest BCUT2D eigenvalue weighted by molar-refractivity contribution is 0.242. The van der Waals surface area contributed by atoms with Crippen LogP contribution in [0.5, 0.6) is 0 Å². The van der Waals surface area contributed by atoms with Gasteiger partial charge in [-0.2, -0.15) is 4.52 Å². The van der Waals surface area contributed by atoms with E-state index in [4.69, 9.17) is 9.52 Å². The fourth-order valence-electron chi connectivity index (χ4n) is 3.95. The lowest BCUT2D eigenvalue weighted by atomic mass is 10.2. The number of fused-ring (bicyclic) bond motifs is 2. The standard InChI is InChI=1S/C22H20N6OS/c1-2-7-17(8-3-1)27-12-10-26(11-13-27)15-20-23-24-22-28(20)25-21(30-22)19-14-16-6-4-5-9-18(16)29-19/h1-9,14H,10-13,15H2. The van der Waals surface area contributed by atoms with Crippen LogP contribution in [-0.2, 0) is 6.54 Å². The Hall–Kier alpha value is -3.23. The molecule has 1 fully saturated rings. The van der Waals surface area contributed by atoms with E-state index in [0.29, 0.717) is 0 Å². The molecule has 0 radical (unpaired) electrons. The molecule has 4 heterocycles. The second-order valence-corrected chi connectivity index (χ2v) is 8.42. The van der Waals surface area contributed by atoms with Gasteiger partial charge in [0.2, 0.25) is 4.96 Å². The van der Waals surface area contributed by atoms with Crippen molar-refractivity contribution >= 4 is 33.0 Å². The zero-order valence-corrected chi connectivity index (χ0v) is 17.1. The number of piperazine rings is 1. The maximum atomic E-state index is 5.97. The van der Waals surface area contributed by atoms with E-state index in [1.165, 1.54) is 17.0 Å². The molecule has 0 amide bonds. The van der Waals surface area contributed by atoms with E-state index in [1.54, 1.807) is 0 Å². The van der Waals surface area contributed by atoms with Crippen molar-refractivity contribution in [3.8, 4) is 10.8 Å². The average molecular weight is 417 g/mol. The molecule has 30 heavy (non-hydrogen) atoms. The number of hydrogen-bond acceptors (Lipinski definition) is 7. The monoisotopic (exact) mass is 416 g/mol. The summed E-state index contributed by atoms with van der Waals surface area (Å²) in [7, 11) is 0. The van der Waals surface area contributed by atoms with Gasteiger partial charge in [0, 0.05) is 37.3 Å². The molecule has 5 aromatic rings.